The molecule has 1 heterocycles. The number of nitrogens with one attached hydrogen (secondary N) is 1. The fourth-order valence-corrected chi connectivity index (χ4v) is 2.03. The summed E-state index contributed by atoms with van der Waals surface area (Å²) in [7, 11) is 0. The molecule has 2 rings (SSSR count). The van der Waals surface area contributed by atoms with E-state index in [1.54, 1.807) is 12.1 Å². The van der Waals surface area contributed by atoms with Crippen molar-refractivity contribution in [2.75, 3.05) is 6.61 Å². The molecule has 1 radical (unpaired) electrons. The SMILES string of the molecule is C=C1NC(c2ccc(OCC(F)F)cc2)=[C-]CC1I.[Y]. The molecule has 20 heavy (non-hydrogen) atoms. The number of hydrogen-bond donors (Lipinski definition) is 1. The van der Waals surface area contributed by atoms with E-state index in [9.17, 15) is 8.78 Å². The minimum Gasteiger partial charge on any atom is -0.488 e. The maximum atomic E-state index is 12.0. The molecule has 1 aromatic carbocycles. The van der Waals surface area contributed by atoms with Crippen LogP contribution in [0.2, 0.25) is 0 Å². The van der Waals surface area contributed by atoms with Gasteiger partial charge in [-0.05, 0) is 12.1 Å². The molecule has 1 atom stereocenters. The van der Waals surface area contributed by atoms with E-state index < -0.39 is 13.0 Å². The van der Waals surface area contributed by atoms with Gasteiger partial charge in [0.05, 0.1) is 0 Å². The average Bonchev–Trinajstić information content (AvgIpc) is 2.40. The van der Waals surface area contributed by atoms with Gasteiger partial charge in [-0.1, -0.05) is 35.6 Å². The van der Waals surface area contributed by atoms with Crippen LogP contribution in [0.3, 0.4) is 0 Å². The molecular weight excluding hydrogens is 452 g/mol. The molecule has 1 N–H and O–H groups in total. The molecule has 2 nitrogen and oxygen atoms in total. The van der Waals surface area contributed by atoms with Crippen LogP contribution in [-0.2, 0) is 32.7 Å². The zero-order valence-corrected chi connectivity index (χ0v) is 15.7. The second kappa shape index (κ2) is 8.44. The fourth-order valence-electron chi connectivity index (χ4n) is 1.65. The van der Waals surface area contributed by atoms with Gasteiger partial charge in [-0.15, -0.1) is 17.8 Å². The van der Waals surface area contributed by atoms with Gasteiger partial charge < -0.3 is 10.1 Å². The summed E-state index contributed by atoms with van der Waals surface area (Å²) < 4.78 is 29.3. The van der Waals surface area contributed by atoms with Crippen molar-refractivity contribution < 1.29 is 46.2 Å². The summed E-state index contributed by atoms with van der Waals surface area (Å²) in [5.74, 6) is 0.436. The van der Waals surface area contributed by atoms with Crippen molar-refractivity contribution in [3.8, 4) is 5.75 Å². The van der Waals surface area contributed by atoms with Crippen molar-refractivity contribution in [3.05, 3.63) is 48.2 Å². The Morgan fingerprint density at radius 3 is 2.60 bits per heavy atom. The molecule has 105 valence electrons. The Kier molecular flexibility index (Phi) is 7.61. The molecule has 1 unspecified atom stereocenters. The summed E-state index contributed by atoms with van der Waals surface area (Å²) in [6.45, 7) is 3.37. The summed E-state index contributed by atoms with van der Waals surface area (Å²) in [6, 6.07) is 6.98. The predicted molar refractivity (Wildman–Crippen MR) is 79.3 cm³/mol. The van der Waals surface area contributed by atoms with Crippen LogP contribution in [0.15, 0.2) is 36.5 Å². The molecule has 1 aliphatic rings. The van der Waals surface area contributed by atoms with Crippen LogP contribution in [0.1, 0.15) is 12.0 Å². The van der Waals surface area contributed by atoms with Gasteiger partial charge in [0.15, 0.2) is 0 Å². The van der Waals surface area contributed by atoms with Crippen molar-refractivity contribution in [1.82, 2.24) is 5.32 Å². The van der Waals surface area contributed by atoms with E-state index in [1.165, 1.54) is 0 Å². The van der Waals surface area contributed by atoms with Gasteiger partial charge in [0.25, 0.3) is 6.43 Å². The zero-order chi connectivity index (χ0) is 13.8. The van der Waals surface area contributed by atoms with Crippen molar-refractivity contribution in [1.29, 1.82) is 0 Å². The van der Waals surface area contributed by atoms with Gasteiger partial charge in [0.2, 0.25) is 0 Å². The smallest absolute Gasteiger partial charge is 0.272 e. The van der Waals surface area contributed by atoms with Gasteiger partial charge in [-0.25, -0.2) is 14.9 Å². The van der Waals surface area contributed by atoms with Gasteiger partial charge in [0.1, 0.15) is 12.4 Å². The first kappa shape index (κ1) is 18.0. The number of halogens is 3. The van der Waals surface area contributed by atoms with E-state index in [1.807, 2.05) is 12.1 Å². The second-order valence-corrected chi connectivity index (χ2v) is 5.60. The molecule has 0 saturated heterocycles. The normalized spacial score (nSPS) is 18.1. The number of hydrogen-bond acceptors (Lipinski definition) is 2. The van der Waals surface area contributed by atoms with E-state index in [4.69, 9.17) is 4.74 Å². The van der Waals surface area contributed by atoms with Crippen LogP contribution in [0.5, 0.6) is 5.75 Å². The Balaban J connectivity index is 0.00000200. The van der Waals surface area contributed by atoms with Crippen molar-refractivity contribution >= 4 is 28.3 Å². The van der Waals surface area contributed by atoms with Crippen LogP contribution in [-0.4, -0.2) is 17.0 Å². The summed E-state index contributed by atoms with van der Waals surface area (Å²) >= 11 is 2.31. The molecule has 0 saturated carbocycles. The van der Waals surface area contributed by atoms with Crippen LogP contribution in [0.4, 0.5) is 8.78 Å². The Morgan fingerprint density at radius 2 is 2.05 bits per heavy atom. The monoisotopic (exact) mass is 465 g/mol. The molecule has 0 spiro atoms. The van der Waals surface area contributed by atoms with Crippen molar-refractivity contribution in [2.45, 2.75) is 16.8 Å². The molecule has 0 aromatic heterocycles. The third-order valence-electron chi connectivity index (χ3n) is 2.64. The number of benzene rings is 1. The molecule has 0 amide bonds. The maximum absolute atomic E-state index is 12.0. The molecule has 0 fully saturated rings. The van der Waals surface area contributed by atoms with Crippen LogP contribution >= 0.6 is 22.6 Å². The van der Waals surface area contributed by atoms with E-state index >= 15 is 0 Å². The second-order valence-electron chi connectivity index (χ2n) is 4.10. The first-order valence-corrected chi connectivity index (χ1v) is 7.03. The Bertz CT molecular complexity index is 490. The standard InChI is InChI=1S/C14H13F2INO.Y/c1-9-12(17)6-7-13(18-9)10-2-4-11(5-3-10)19-8-14(15)16;/h2-5,12,14,18H,1,6,8H2;/q-1;. The van der Waals surface area contributed by atoms with E-state index in [0.29, 0.717) is 9.67 Å². The topological polar surface area (TPSA) is 21.3 Å². The maximum Gasteiger partial charge on any atom is 0.272 e. The Morgan fingerprint density at radius 1 is 1.40 bits per heavy atom. The van der Waals surface area contributed by atoms with Crippen LogP contribution < -0.4 is 10.1 Å². The first-order valence-electron chi connectivity index (χ1n) is 5.78. The molecule has 6 heteroatoms. The van der Waals surface area contributed by atoms with Crippen LogP contribution in [0, 0.1) is 6.08 Å². The fraction of sp³-hybridized carbons (Fsp3) is 0.286. The minimum absolute atomic E-state index is 0. The molecular formula is C14H13F2INOY-. The summed E-state index contributed by atoms with van der Waals surface area (Å²) in [4.78, 5) is 0. The largest absolute Gasteiger partial charge is 0.488 e. The van der Waals surface area contributed by atoms with E-state index in [0.717, 1.165) is 23.4 Å². The third kappa shape index (κ3) is 5.08. The number of alkyl halides is 3. The zero-order valence-electron chi connectivity index (χ0n) is 10.7. The van der Waals surface area contributed by atoms with Gasteiger partial charge in [0, 0.05) is 42.3 Å². The van der Waals surface area contributed by atoms with E-state index in [2.05, 4.69) is 40.6 Å². The Labute approximate surface area is 156 Å². The summed E-state index contributed by atoms with van der Waals surface area (Å²) in [5, 5.41) is 3.19. The summed E-state index contributed by atoms with van der Waals surface area (Å²) in [5.41, 5.74) is 2.76. The van der Waals surface area contributed by atoms with Crippen molar-refractivity contribution in [3.63, 3.8) is 0 Å². The van der Waals surface area contributed by atoms with Gasteiger partial charge >= 0.3 is 0 Å². The third-order valence-corrected chi connectivity index (χ3v) is 3.83. The Hall–Kier alpha value is -0.00610. The molecule has 1 aromatic rings. The number of ether oxygens (including phenoxy) is 1. The minimum atomic E-state index is -2.46. The molecule has 0 bridgehead atoms. The van der Waals surface area contributed by atoms with Gasteiger partial charge in [-0.3, -0.25) is 0 Å². The molecule has 0 aliphatic carbocycles. The molecule has 1 aliphatic heterocycles. The summed E-state index contributed by atoms with van der Waals surface area (Å²) in [6.07, 6.45) is 1.61. The predicted octanol–water partition coefficient (Wildman–Crippen LogP) is 3.78. The number of rotatable bonds is 4. The van der Waals surface area contributed by atoms with Gasteiger partial charge in [-0.2, -0.15) is 5.56 Å². The van der Waals surface area contributed by atoms with Crippen LogP contribution in [0.25, 0.3) is 5.70 Å². The number of allylic oxidation sites excluding steroid dienone is 2. The first-order chi connectivity index (χ1) is 9.06. The average molecular weight is 465 g/mol. The van der Waals surface area contributed by atoms with Crippen molar-refractivity contribution in [2.24, 2.45) is 0 Å². The quantitative estimate of drug-likeness (QED) is 0.416. The van der Waals surface area contributed by atoms with E-state index in [-0.39, 0.29) is 32.7 Å².